The lowest BCUT2D eigenvalue weighted by molar-refractivity contribution is 0.0917. The van der Waals surface area contributed by atoms with Crippen molar-refractivity contribution in [2.24, 2.45) is 5.41 Å². The van der Waals surface area contributed by atoms with Crippen LogP contribution in [0.2, 0.25) is 0 Å². The zero-order valence-electron chi connectivity index (χ0n) is 15.1. The summed E-state index contributed by atoms with van der Waals surface area (Å²) in [5, 5.41) is 6.51. The molecule has 2 aromatic rings. The molecule has 25 heavy (non-hydrogen) atoms. The minimum atomic E-state index is -0.0852. The summed E-state index contributed by atoms with van der Waals surface area (Å²) in [6.07, 6.45) is 5.86. The van der Waals surface area contributed by atoms with E-state index < -0.39 is 0 Å². The highest BCUT2D eigenvalue weighted by molar-refractivity contribution is 5.94. The van der Waals surface area contributed by atoms with E-state index in [0.717, 1.165) is 35.7 Å². The second-order valence-corrected chi connectivity index (χ2v) is 8.16. The molecule has 1 fully saturated rings. The number of furan rings is 1. The molecule has 0 saturated heterocycles. The van der Waals surface area contributed by atoms with E-state index in [9.17, 15) is 4.79 Å². The molecule has 0 aliphatic heterocycles. The third-order valence-electron chi connectivity index (χ3n) is 5.00. The van der Waals surface area contributed by atoms with Gasteiger partial charge in [0, 0.05) is 24.2 Å². The van der Waals surface area contributed by atoms with Crippen LogP contribution in [-0.4, -0.2) is 16.9 Å². The largest absolute Gasteiger partial charge is 0.466 e. The van der Waals surface area contributed by atoms with Crippen LogP contribution in [0, 0.1) is 12.3 Å². The average Bonchev–Trinajstić information content (AvgIpc) is 3.27. The zero-order valence-corrected chi connectivity index (χ0v) is 15.1. The minimum absolute atomic E-state index is 0.0204. The fraction of sp³-hybridized carbons (Fsp3) is 0.500. The first-order valence-corrected chi connectivity index (χ1v) is 9.02. The molecule has 132 valence electrons. The molecule has 1 atom stereocenters. The summed E-state index contributed by atoms with van der Waals surface area (Å²) in [6.45, 7) is 6.39. The minimum Gasteiger partial charge on any atom is -0.466 e. The molecular formula is C20H25N3O2. The van der Waals surface area contributed by atoms with Gasteiger partial charge in [-0.05, 0) is 49.8 Å². The molecule has 2 aromatic heterocycles. The first kappa shape index (κ1) is 16.2. The third kappa shape index (κ3) is 3.55. The van der Waals surface area contributed by atoms with Crippen molar-refractivity contribution in [1.82, 2.24) is 10.3 Å². The van der Waals surface area contributed by atoms with E-state index in [0.29, 0.717) is 11.6 Å². The molecule has 1 saturated carbocycles. The van der Waals surface area contributed by atoms with Crippen LogP contribution in [0.5, 0.6) is 0 Å². The van der Waals surface area contributed by atoms with Gasteiger partial charge in [-0.1, -0.05) is 13.8 Å². The number of pyridine rings is 1. The summed E-state index contributed by atoms with van der Waals surface area (Å²) < 4.78 is 5.85. The summed E-state index contributed by atoms with van der Waals surface area (Å²) in [5.74, 6) is 2.66. The molecule has 0 unspecified atom stereocenters. The molecule has 4 rings (SSSR count). The third-order valence-corrected chi connectivity index (χ3v) is 5.00. The standard InChI is InChI=1S/C20H25N3O2/c1-12-8-15-16(9-20(2,3)10-17(15)25-12)23-19(24)13-4-7-18(21-11-13)22-14-5-6-14/h4,7-8,11,14,16H,5-6,9-10H2,1-3H3,(H,21,22)(H,23,24)/t16-/m0/s1. The van der Waals surface area contributed by atoms with Crippen molar-refractivity contribution in [2.45, 2.75) is 58.5 Å². The van der Waals surface area contributed by atoms with Gasteiger partial charge in [-0.3, -0.25) is 4.79 Å². The molecule has 0 radical (unpaired) electrons. The maximum atomic E-state index is 12.7. The van der Waals surface area contributed by atoms with Crippen molar-refractivity contribution in [3.05, 3.63) is 47.0 Å². The zero-order chi connectivity index (χ0) is 17.6. The molecule has 5 nitrogen and oxygen atoms in total. The van der Waals surface area contributed by atoms with Crippen LogP contribution in [0.25, 0.3) is 0 Å². The van der Waals surface area contributed by atoms with Gasteiger partial charge in [0.25, 0.3) is 5.91 Å². The number of hydrogen-bond acceptors (Lipinski definition) is 4. The highest BCUT2D eigenvalue weighted by atomic mass is 16.3. The number of nitrogens with zero attached hydrogens (tertiary/aromatic N) is 1. The number of amides is 1. The molecule has 2 N–H and O–H groups in total. The number of fused-ring (bicyclic) bond motifs is 1. The first-order chi connectivity index (χ1) is 11.9. The number of aryl methyl sites for hydroxylation is 1. The van der Waals surface area contributed by atoms with Crippen molar-refractivity contribution in [2.75, 3.05) is 5.32 Å². The molecule has 2 heterocycles. The van der Waals surface area contributed by atoms with Gasteiger partial charge < -0.3 is 15.1 Å². The fourth-order valence-electron chi connectivity index (χ4n) is 3.61. The maximum absolute atomic E-state index is 12.7. The van der Waals surface area contributed by atoms with Gasteiger partial charge >= 0.3 is 0 Å². The number of rotatable bonds is 4. The van der Waals surface area contributed by atoms with Crippen LogP contribution in [0.4, 0.5) is 5.82 Å². The Kier molecular flexibility index (Phi) is 3.82. The predicted molar refractivity (Wildman–Crippen MR) is 96.6 cm³/mol. The van der Waals surface area contributed by atoms with Crippen LogP contribution in [-0.2, 0) is 6.42 Å². The van der Waals surface area contributed by atoms with Gasteiger partial charge in [-0.15, -0.1) is 0 Å². The molecule has 0 bridgehead atoms. The van der Waals surface area contributed by atoms with Crippen molar-refractivity contribution in [3.8, 4) is 0 Å². The van der Waals surface area contributed by atoms with Crippen LogP contribution in [0.15, 0.2) is 28.8 Å². The number of carbonyl (C=O) groups is 1. The fourth-order valence-corrected chi connectivity index (χ4v) is 3.61. The van der Waals surface area contributed by atoms with Gasteiger partial charge in [-0.25, -0.2) is 4.98 Å². The van der Waals surface area contributed by atoms with Crippen molar-refractivity contribution in [3.63, 3.8) is 0 Å². The lowest BCUT2D eigenvalue weighted by Crippen LogP contribution is -2.36. The number of hydrogen-bond donors (Lipinski definition) is 2. The second kappa shape index (κ2) is 5.90. The number of anilines is 1. The Morgan fingerprint density at radius 1 is 1.32 bits per heavy atom. The quantitative estimate of drug-likeness (QED) is 0.883. The molecular weight excluding hydrogens is 314 g/mol. The normalized spacial score (nSPS) is 21.5. The van der Waals surface area contributed by atoms with Crippen molar-refractivity contribution in [1.29, 1.82) is 0 Å². The average molecular weight is 339 g/mol. The van der Waals surface area contributed by atoms with E-state index in [4.69, 9.17) is 4.42 Å². The lowest BCUT2D eigenvalue weighted by Gasteiger charge is -2.34. The highest BCUT2D eigenvalue weighted by Crippen LogP contribution is 2.42. The van der Waals surface area contributed by atoms with Gasteiger partial charge in [0.2, 0.25) is 0 Å². The van der Waals surface area contributed by atoms with E-state index in [1.165, 1.54) is 12.8 Å². The van der Waals surface area contributed by atoms with Gasteiger partial charge in [0.15, 0.2) is 0 Å². The summed E-state index contributed by atoms with van der Waals surface area (Å²) in [4.78, 5) is 17.0. The monoisotopic (exact) mass is 339 g/mol. The second-order valence-electron chi connectivity index (χ2n) is 8.16. The van der Waals surface area contributed by atoms with Crippen molar-refractivity contribution < 1.29 is 9.21 Å². The highest BCUT2D eigenvalue weighted by Gasteiger charge is 2.35. The molecule has 2 aliphatic rings. The van der Waals surface area contributed by atoms with Gasteiger partial charge in [0.05, 0.1) is 11.6 Å². The Morgan fingerprint density at radius 3 is 2.80 bits per heavy atom. The summed E-state index contributed by atoms with van der Waals surface area (Å²) in [7, 11) is 0. The Bertz CT molecular complexity index is 788. The predicted octanol–water partition coefficient (Wildman–Crippen LogP) is 4.00. The van der Waals surface area contributed by atoms with Gasteiger partial charge in [-0.2, -0.15) is 0 Å². The van der Waals surface area contributed by atoms with E-state index in [1.807, 2.05) is 19.1 Å². The molecule has 2 aliphatic carbocycles. The smallest absolute Gasteiger partial charge is 0.253 e. The van der Waals surface area contributed by atoms with Crippen LogP contribution in [0.1, 0.15) is 66.6 Å². The maximum Gasteiger partial charge on any atom is 0.253 e. The van der Waals surface area contributed by atoms with Crippen molar-refractivity contribution >= 4 is 11.7 Å². The summed E-state index contributed by atoms with van der Waals surface area (Å²) in [6, 6.07) is 6.30. The van der Waals surface area contributed by atoms with E-state index in [2.05, 4.69) is 35.5 Å². The SMILES string of the molecule is Cc1cc2c(o1)CC(C)(C)C[C@@H]2NC(=O)c1ccc(NC2CC2)nc1. The van der Waals surface area contributed by atoms with Gasteiger partial charge in [0.1, 0.15) is 17.3 Å². The molecule has 0 spiro atoms. The van der Waals surface area contributed by atoms with Crippen LogP contribution >= 0.6 is 0 Å². The Labute approximate surface area is 148 Å². The van der Waals surface area contributed by atoms with Crippen LogP contribution < -0.4 is 10.6 Å². The lowest BCUT2D eigenvalue weighted by atomic mass is 9.74. The number of aromatic nitrogens is 1. The molecule has 1 amide bonds. The molecule has 0 aromatic carbocycles. The van der Waals surface area contributed by atoms with E-state index in [-0.39, 0.29) is 17.4 Å². The van der Waals surface area contributed by atoms with E-state index >= 15 is 0 Å². The Balaban J connectivity index is 1.49. The summed E-state index contributed by atoms with van der Waals surface area (Å²) >= 11 is 0. The topological polar surface area (TPSA) is 67.2 Å². The Hall–Kier alpha value is -2.30. The van der Waals surface area contributed by atoms with E-state index in [1.54, 1.807) is 6.20 Å². The Morgan fingerprint density at radius 2 is 2.12 bits per heavy atom. The first-order valence-electron chi connectivity index (χ1n) is 9.02. The number of nitrogens with one attached hydrogen (secondary N) is 2. The summed E-state index contributed by atoms with van der Waals surface area (Å²) in [5.41, 5.74) is 1.81. The number of carbonyl (C=O) groups excluding carboxylic acids is 1. The van der Waals surface area contributed by atoms with Crippen LogP contribution in [0.3, 0.4) is 0 Å². The molecule has 5 heteroatoms.